The molecule has 9 heteroatoms. The highest BCUT2D eigenvalue weighted by atomic mass is 32.1. The molecule has 1 fully saturated rings. The van der Waals surface area contributed by atoms with Crippen LogP contribution in [-0.2, 0) is 33.7 Å². The number of aromatic amines is 1. The smallest absolute Gasteiger partial charge is 0.256 e. The molecule has 2 aliphatic heterocycles. The lowest BCUT2D eigenvalue weighted by Gasteiger charge is -2.36. The van der Waals surface area contributed by atoms with Crippen molar-refractivity contribution in [1.82, 2.24) is 19.8 Å². The van der Waals surface area contributed by atoms with Gasteiger partial charge in [-0.25, -0.2) is 4.98 Å². The first-order chi connectivity index (χ1) is 14.6. The summed E-state index contributed by atoms with van der Waals surface area (Å²) in [6.45, 7) is 1.43. The Bertz CT molecular complexity index is 972. The zero-order valence-electron chi connectivity index (χ0n) is 17.1. The molecule has 2 aliphatic rings. The van der Waals surface area contributed by atoms with Crippen LogP contribution in [0.3, 0.4) is 0 Å². The van der Waals surface area contributed by atoms with E-state index in [0.29, 0.717) is 37.3 Å². The zero-order chi connectivity index (χ0) is 21.1. The second-order valence-electron chi connectivity index (χ2n) is 7.73. The summed E-state index contributed by atoms with van der Waals surface area (Å²) in [6, 6.07) is 3.71. The lowest BCUT2D eigenvalue weighted by molar-refractivity contribution is -0.136. The number of rotatable bonds is 5. The maximum atomic E-state index is 13.0. The number of likely N-dealkylation sites (tertiary alicyclic amines) is 1. The molecule has 8 nitrogen and oxygen atoms in total. The molecule has 0 spiro atoms. The number of carbonyl (C=O) groups is 2. The van der Waals surface area contributed by atoms with Crippen LogP contribution in [0.5, 0.6) is 0 Å². The summed E-state index contributed by atoms with van der Waals surface area (Å²) >= 11 is 1.58. The third kappa shape index (κ3) is 4.32. The van der Waals surface area contributed by atoms with E-state index in [1.54, 1.807) is 16.2 Å². The molecule has 1 unspecified atom stereocenters. The van der Waals surface area contributed by atoms with E-state index in [2.05, 4.69) is 4.98 Å². The van der Waals surface area contributed by atoms with Crippen LogP contribution in [-0.4, -0.2) is 58.4 Å². The molecule has 0 aliphatic carbocycles. The summed E-state index contributed by atoms with van der Waals surface area (Å²) in [5, 5.41) is 1.97. The number of ether oxygens (including phenoxy) is 1. The molecular weight excluding hydrogens is 404 g/mol. The molecular formula is C21H26N4O4S. The van der Waals surface area contributed by atoms with E-state index >= 15 is 0 Å². The fourth-order valence-corrected chi connectivity index (χ4v) is 4.90. The molecule has 1 atom stereocenters. The van der Waals surface area contributed by atoms with Gasteiger partial charge >= 0.3 is 0 Å². The molecule has 4 rings (SSSR count). The topological polar surface area (TPSA) is 95.6 Å². The Hall–Kier alpha value is -2.52. The minimum atomic E-state index is -0.221. The Morgan fingerprint density at radius 3 is 2.93 bits per heavy atom. The van der Waals surface area contributed by atoms with Crippen molar-refractivity contribution >= 4 is 23.2 Å². The average Bonchev–Trinajstić information content (AvgIpc) is 3.26. The largest absolute Gasteiger partial charge is 0.375 e. The minimum absolute atomic E-state index is 0.00212. The molecule has 160 valence electrons. The van der Waals surface area contributed by atoms with Crippen molar-refractivity contribution < 1.29 is 14.3 Å². The van der Waals surface area contributed by atoms with Gasteiger partial charge in [-0.15, -0.1) is 11.3 Å². The Balaban J connectivity index is 1.56. The Labute approximate surface area is 178 Å². The van der Waals surface area contributed by atoms with Gasteiger partial charge in [0, 0.05) is 31.5 Å². The van der Waals surface area contributed by atoms with Crippen molar-refractivity contribution in [3.8, 4) is 0 Å². The van der Waals surface area contributed by atoms with Crippen LogP contribution in [0.15, 0.2) is 22.3 Å². The fourth-order valence-electron chi connectivity index (χ4n) is 4.21. The zero-order valence-corrected chi connectivity index (χ0v) is 17.9. The van der Waals surface area contributed by atoms with E-state index in [9.17, 15) is 14.4 Å². The highest BCUT2D eigenvalue weighted by Gasteiger charge is 2.32. The van der Waals surface area contributed by atoms with Crippen LogP contribution in [0, 0.1) is 0 Å². The summed E-state index contributed by atoms with van der Waals surface area (Å²) < 4.78 is 4.92. The standard InChI is InChI=1S/C21H26N4O4S/c1-29-13-19(27)24-9-7-16-15(12-24)21(28)23-20(22-16)17-6-2-3-8-25(17)18(26)11-14-5-4-10-30-14/h4-5,10,17H,2-3,6-9,11-13H2,1H3,(H,22,23,28). The second-order valence-corrected chi connectivity index (χ2v) is 8.76. The Kier molecular flexibility index (Phi) is 6.29. The van der Waals surface area contributed by atoms with Gasteiger partial charge in [-0.1, -0.05) is 6.07 Å². The van der Waals surface area contributed by atoms with Crippen molar-refractivity contribution in [2.24, 2.45) is 0 Å². The Morgan fingerprint density at radius 2 is 2.17 bits per heavy atom. The first kappa shape index (κ1) is 20.7. The first-order valence-electron chi connectivity index (χ1n) is 10.3. The first-order valence-corrected chi connectivity index (χ1v) is 11.2. The highest BCUT2D eigenvalue weighted by Crippen LogP contribution is 2.30. The van der Waals surface area contributed by atoms with Gasteiger partial charge in [-0.3, -0.25) is 14.4 Å². The number of fused-ring (bicyclic) bond motifs is 1. The Morgan fingerprint density at radius 1 is 1.30 bits per heavy atom. The van der Waals surface area contributed by atoms with E-state index in [1.807, 2.05) is 22.4 Å². The van der Waals surface area contributed by atoms with Gasteiger partial charge in [0.05, 0.1) is 30.3 Å². The summed E-state index contributed by atoms with van der Waals surface area (Å²) in [6.07, 6.45) is 3.64. The van der Waals surface area contributed by atoms with Crippen LogP contribution < -0.4 is 5.56 Å². The molecule has 2 aromatic rings. The van der Waals surface area contributed by atoms with Crippen molar-refractivity contribution in [2.45, 2.75) is 44.7 Å². The summed E-state index contributed by atoms with van der Waals surface area (Å²) in [5.74, 6) is 0.498. The molecule has 2 amide bonds. The van der Waals surface area contributed by atoms with Crippen molar-refractivity contribution in [3.05, 3.63) is 49.8 Å². The number of methoxy groups -OCH3 is 1. The molecule has 1 saturated heterocycles. The summed E-state index contributed by atoms with van der Waals surface area (Å²) in [5.41, 5.74) is 1.04. The number of amides is 2. The van der Waals surface area contributed by atoms with E-state index in [4.69, 9.17) is 9.72 Å². The number of aromatic nitrogens is 2. The van der Waals surface area contributed by atoms with Crippen LogP contribution in [0.4, 0.5) is 0 Å². The van der Waals surface area contributed by atoms with Gasteiger partial charge in [0.25, 0.3) is 5.56 Å². The normalized spacial score (nSPS) is 18.9. The second kappa shape index (κ2) is 9.09. The van der Waals surface area contributed by atoms with Crippen LogP contribution in [0.25, 0.3) is 0 Å². The maximum absolute atomic E-state index is 13.0. The number of piperidine rings is 1. The van der Waals surface area contributed by atoms with Gasteiger partial charge in [-0.05, 0) is 30.7 Å². The minimum Gasteiger partial charge on any atom is -0.375 e. The number of nitrogens with one attached hydrogen (secondary N) is 1. The average molecular weight is 431 g/mol. The van der Waals surface area contributed by atoms with Gasteiger partial charge in [-0.2, -0.15) is 0 Å². The molecule has 0 bridgehead atoms. The monoisotopic (exact) mass is 430 g/mol. The number of H-pyrrole nitrogens is 1. The van der Waals surface area contributed by atoms with E-state index < -0.39 is 0 Å². The van der Waals surface area contributed by atoms with Crippen molar-refractivity contribution in [1.29, 1.82) is 0 Å². The predicted molar refractivity (Wildman–Crippen MR) is 112 cm³/mol. The molecule has 0 saturated carbocycles. The molecule has 0 aromatic carbocycles. The van der Waals surface area contributed by atoms with Gasteiger partial charge < -0.3 is 19.5 Å². The number of hydrogen-bond donors (Lipinski definition) is 1. The molecule has 30 heavy (non-hydrogen) atoms. The van der Waals surface area contributed by atoms with Gasteiger partial charge in [0.2, 0.25) is 11.8 Å². The lowest BCUT2D eigenvalue weighted by Crippen LogP contribution is -2.43. The van der Waals surface area contributed by atoms with E-state index in [-0.39, 0.29) is 36.6 Å². The number of nitrogens with zero attached hydrogens (tertiary/aromatic N) is 3. The predicted octanol–water partition coefficient (Wildman–Crippen LogP) is 1.66. The lowest BCUT2D eigenvalue weighted by atomic mass is 9.99. The van der Waals surface area contributed by atoms with Crippen molar-refractivity contribution in [2.75, 3.05) is 26.8 Å². The van der Waals surface area contributed by atoms with Gasteiger partial charge in [0.1, 0.15) is 12.4 Å². The fraction of sp³-hybridized carbons (Fsp3) is 0.524. The molecule has 1 N–H and O–H groups in total. The third-order valence-electron chi connectivity index (χ3n) is 5.75. The van der Waals surface area contributed by atoms with Crippen LogP contribution in [0.2, 0.25) is 0 Å². The third-order valence-corrected chi connectivity index (χ3v) is 6.63. The van der Waals surface area contributed by atoms with E-state index in [0.717, 1.165) is 29.8 Å². The summed E-state index contributed by atoms with van der Waals surface area (Å²) in [7, 11) is 1.48. The van der Waals surface area contributed by atoms with Crippen molar-refractivity contribution in [3.63, 3.8) is 0 Å². The van der Waals surface area contributed by atoms with Crippen LogP contribution in [0.1, 0.15) is 47.3 Å². The highest BCUT2D eigenvalue weighted by molar-refractivity contribution is 7.10. The number of carbonyl (C=O) groups excluding carboxylic acids is 2. The van der Waals surface area contributed by atoms with Gasteiger partial charge in [0.15, 0.2) is 0 Å². The molecule has 2 aromatic heterocycles. The quantitative estimate of drug-likeness (QED) is 0.778. The van der Waals surface area contributed by atoms with E-state index in [1.165, 1.54) is 7.11 Å². The maximum Gasteiger partial charge on any atom is 0.256 e. The number of hydrogen-bond acceptors (Lipinski definition) is 6. The van der Waals surface area contributed by atoms with Crippen LogP contribution >= 0.6 is 11.3 Å². The summed E-state index contributed by atoms with van der Waals surface area (Å²) in [4.78, 5) is 50.1. The number of thiophene rings is 1. The SMILES string of the molecule is COCC(=O)N1CCc2nc(C3CCCCN3C(=O)Cc3cccs3)[nH]c(=O)c2C1. The molecule has 0 radical (unpaired) electrons. The molecule has 4 heterocycles.